The summed E-state index contributed by atoms with van der Waals surface area (Å²) >= 11 is 0. The molecule has 0 aromatic heterocycles. The third-order valence-electron chi connectivity index (χ3n) is 4.41. The van der Waals surface area contributed by atoms with Gasteiger partial charge in [-0.3, -0.25) is 4.79 Å². The van der Waals surface area contributed by atoms with Crippen LogP contribution in [0.2, 0.25) is 0 Å². The van der Waals surface area contributed by atoms with Gasteiger partial charge in [0.05, 0.1) is 5.92 Å². The molecule has 104 valence electrons. The second-order valence-corrected chi connectivity index (χ2v) is 6.81. The Hall–Kier alpha value is -1.31. The minimum Gasteiger partial charge on any atom is -0.481 e. The van der Waals surface area contributed by atoms with Crippen LogP contribution in [-0.2, 0) is 11.2 Å². The van der Waals surface area contributed by atoms with E-state index in [9.17, 15) is 9.90 Å². The highest BCUT2D eigenvalue weighted by atomic mass is 16.4. The van der Waals surface area contributed by atoms with Crippen molar-refractivity contribution in [3.8, 4) is 0 Å². The maximum absolute atomic E-state index is 11.4. The molecule has 1 fully saturated rings. The summed E-state index contributed by atoms with van der Waals surface area (Å²) in [4.78, 5) is 11.4. The number of hydrogen-bond donors (Lipinski definition) is 1. The number of aryl methyl sites for hydroxylation is 1. The molecule has 2 atom stereocenters. The lowest BCUT2D eigenvalue weighted by Crippen LogP contribution is -2.35. The first kappa shape index (κ1) is 14.1. The summed E-state index contributed by atoms with van der Waals surface area (Å²) in [5.41, 5.74) is 2.80. The molecule has 2 unspecified atom stereocenters. The summed E-state index contributed by atoms with van der Waals surface area (Å²) in [5, 5.41) is 9.41. The fourth-order valence-corrected chi connectivity index (χ4v) is 3.42. The van der Waals surface area contributed by atoms with Crippen molar-refractivity contribution in [3.05, 3.63) is 35.4 Å². The van der Waals surface area contributed by atoms with Crippen molar-refractivity contribution in [1.82, 2.24) is 0 Å². The molecule has 1 aromatic carbocycles. The van der Waals surface area contributed by atoms with Crippen molar-refractivity contribution in [1.29, 1.82) is 0 Å². The van der Waals surface area contributed by atoms with E-state index in [-0.39, 0.29) is 17.3 Å². The molecule has 0 saturated heterocycles. The van der Waals surface area contributed by atoms with Gasteiger partial charge in [-0.2, -0.15) is 0 Å². The molecule has 19 heavy (non-hydrogen) atoms. The summed E-state index contributed by atoms with van der Waals surface area (Å²) in [6.45, 7) is 6.60. The maximum atomic E-state index is 11.4. The molecular formula is C17H24O2. The van der Waals surface area contributed by atoms with Gasteiger partial charge in [-0.1, -0.05) is 43.7 Å². The van der Waals surface area contributed by atoms with Crippen LogP contribution >= 0.6 is 0 Å². The van der Waals surface area contributed by atoms with Crippen molar-refractivity contribution in [2.45, 2.75) is 46.5 Å². The van der Waals surface area contributed by atoms with E-state index in [0.29, 0.717) is 0 Å². The molecule has 0 heterocycles. The lowest BCUT2D eigenvalue weighted by molar-refractivity contribution is -0.146. The largest absolute Gasteiger partial charge is 0.481 e. The number of aliphatic carboxylic acids is 1. The number of hydrogen-bond acceptors (Lipinski definition) is 1. The van der Waals surface area contributed by atoms with E-state index in [4.69, 9.17) is 0 Å². The summed E-state index contributed by atoms with van der Waals surface area (Å²) in [6, 6.07) is 8.45. The first-order chi connectivity index (χ1) is 8.87. The molecule has 1 aliphatic carbocycles. The Morgan fingerprint density at radius 1 is 1.42 bits per heavy atom. The first-order valence-electron chi connectivity index (χ1n) is 7.16. The lowest BCUT2D eigenvalue weighted by atomic mass is 9.65. The fraction of sp³-hybridized carbons (Fsp3) is 0.588. The zero-order chi connectivity index (χ0) is 14.0. The van der Waals surface area contributed by atoms with E-state index in [1.807, 2.05) is 0 Å². The van der Waals surface area contributed by atoms with E-state index in [1.165, 1.54) is 11.1 Å². The second-order valence-electron chi connectivity index (χ2n) is 6.81. The Morgan fingerprint density at radius 2 is 2.16 bits per heavy atom. The SMILES string of the molecule is Cc1cccc(CC2CC(C)(C)CCC2C(=O)O)c1. The average Bonchev–Trinajstić information content (AvgIpc) is 2.27. The zero-order valence-corrected chi connectivity index (χ0v) is 12.1. The van der Waals surface area contributed by atoms with E-state index in [2.05, 4.69) is 45.0 Å². The van der Waals surface area contributed by atoms with Crippen LogP contribution in [0.5, 0.6) is 0 Å². The van der Waals surface area contributed by atoms with Gasteiger partial charge in [0.1, 0.15) is 0 Å². The lowest BCUT2D eigenvalue weighted by Gasteiger charge is -2.39. The van der Waals surface area contributed by atoms with Gasteiger partial charge in [0.25, 0.3) is 0 Å². The molecule has 1 saturated carbocycles. The summed E-state index contributed by atoms with van der Waals surface area (Å²) in [7, 11) is 0. The van der Waals surface area contributed by atoms with E-state index < -0.39 is 5.97 Å². The van der Waals surface area contributed by atoms with Crippen LogP contribution in [0.1, 0.15) is 44.2 Å². The standard InChI is InChI=1S/C17H24O2/c1-12-5-4-6-13(9-12)10-14-11-17(2,3)8-7-15(14)16(18)19/h4-6,9,14-15H,7-8,10-11H2,1-3H3,(H,18,19). The van der Waals surface area contributed by atoms with Crippen LogP contribution in [-0.4, -0.2) is 11.1 Å². The maximum Gasteiger partial charge on any atom is 0.306 e. The Labute approximate surface area is 115 Å². The fourth-order valence-electron chi connectivity index (χ4n) is 3.42. The molecule has 1 N–H and O–H groups in total. The van der Waals surface area contributed by atoms with Gasteiger partial charge in [-0.05, 0) is 49.5 Å². The quantitative estimate of drug-likeness (QED) is 0.889. The van der Waals surface area contributed by atoms with Crippen LogP contribution < -0.4 is 0 Å². The van der Waals surface area contributed by atoms with Crippen molar-refractivity contribution < 1.29 is 9.90 Å². The van der Waals surface area contributed by atoms with Gasteiger partial charge >= 0.3 is 5.97 Å². The normalized spacial score (nSPS) is 26.1. The van der Waals surface area contributed by atoms with Crippen molar-refractivity contribution in [3.63, 3.8) is 0 Å². The third-order valence-corrected chi connectivity index (χ3v) is 4.41. The number of carboxylic acids is 1. The van der Waals surface area contributed by atoms with Gasteiger partial charge in [0.15, 0.2) is 0 Å². The molecule has 0 aliphatic heterocycles. The monoisotopic (exact) mass is 260 g/mol. The number of carbonyl (C=O) groups is 1. The van der Waals surface area contributed by atoms with Crippen molar-refractivity contribution in [2.24, 2.45) is 17.3 Å². The van der Waals surface area contributed by atoms with Gasteiger partial charge in [0, 0.05) is 0 Å². The molecule has 0 radical (unpaired) electrons. The van der Waals surface area contributed by atoms with E-state index in [1.54, 1.807) is 0 Å². The van der Waals surface area contributed by atoms with Crippen LogP contribution in [0.25, 0.3) is 0 Å². The Bertz CT molecular complexity index is 462. The number of rotatable bonds is 3. The predicted molar refractivity (Wildman–Crippen MR) is 77.1 cm³/mol. The summed E-state index contributed by atoms with van der Waals surface area (Å²) in [5.74, 6) is -0.523. The van der Waals surface area contributed by atoms with Crippen LogP contribution in [0.15, 0.2) is 24.3 Å². The number of benzene rings is 1. The highest BCUT2D eigenvalue weighted by Gasteiger charge is 2.38. The topological polar surface area (TPSA) is 37.3 Å². The Morgan fingerprint density at radius 3 is 2.79 bits per heavy atom. The van der Waals surface area contributed by atoms with Gasteiger partial charge < -0.3 is 5.11 Å². The van der Waals surface area contributed by atoms with E-state index in [0.717, 1.165) is 25.7 Å². The minimum atomic E-state index is -0.617. The molecule has 0 bridgehead atoms. The van der Waals surface area contributed by atoms with E-state index >= 15 is 0 Å². The molecular weight excluding hydrogens is 236 g/mol. The molecule has 0 amide bonds. The molecule has 2 rings (SSSR count). The highest BCUT2D eigenvalue weighted by Crippen LogP contribution is 2.43. The van der Waals surface area contributed by atoms with Gasteiger partial charge in [-0.15, -0.1) is 0 Å². The van der Waals surface area contributed by atoms with Crippen LogP contribution in [0.4, 0.5) is 0 Å². The smallest absolute Gasteiger partial charge is 0.306 e. The molecule has 1 aromatic rings. The molecule has 2 heteroatoms. The number of carboxylic acid groups (broad SMARTS) is 1. The van der Waals surface area contributed by atoms with Crippen molar-refractivity contribution >= 4 is 5.97 Å². The third kappa shape index (κ3) is 3.59. The Kier molecular flexibility index (Phi) is 3.98. The summed E-state index contributed by atoms with van der Waals surface area (Å²) < 4.78 is 0. The van der Waals surface area contributed by atoms with Crippen LogP contribution in [0, 0.1) is 24.2 Å². The molecule has 1 aliphatic rings. The van der Waals surface area contributed by atoms with Gasteiger partial charge in [-0.25, -0.2) is 0 Å². The second kappa shape index (κ2) is 5.36. The van der Waals surface area contributed by atoms with Gasteiger partial charge in [0.2, 0.25) is 0 Å². The predicted octanol–water partition coefficient (Wildman–Crippen LogP) is 4.06. The highest BCUT2D eigenvalue weighted by molar-refractivity contribution is 5.70. The van der Waals surface area contributed by atoms with Crippen molar-refractivity contribution in [2.75, 3.05) is 0 Å². The summed E-state index contributed by atoms with van der Waals surface area (Å²) in [6.07, 6.45) is 3.74. The van der Waals surface area contributed by atoms with Crippen LogP contribution in [0.3, 0.4) is 0 Å². The zero-order valence-electron chi connectivity index (χ0n) is 12.1. The molecule has 2 nitrogen and oxygen atoms in total. The average molecular weight is 260 g/mol. The molecule has 0 spiro atoms. The first-order valence-corrected chi connectivity index (χ1v) is 7.16. The Balaban J connectivity index is 2.16. The minimum absolute atomic E-state index is 0.173.